The minimum absolute atomic E-state index is 0. The second-order valence-corrected chi connectivity index (χ2v) is 7.10. The van der Waals surface area contributed by atoms with E-state index in [4.69, 9.17) is 0 Å². The zero-order valence-electron chi connectivity index (χ0n) is 15.1. The van der Waals surface area contributed by atoms with Crippen LogP contribution in [0.2, 0.25) is 0 Å². The maximum atomic E-state index is 12.9. The van der Waals surface area contributed by atoms with E-state index in [9.17, 15) is 9.59 Å². The summed E-state index contributed by atoms with van der Waals surface area (Å²) in [7, 11) is 1.87. The van der Waals surface area contributed by atoms with E-state index in [2.05, 4.69) is 21.0 Å². The van der Waals surface area contributed by atoms with Gasteiger partial charge >= 0.3 is 0 Å². The van der Waals surface area contributed by atoms with Crippen LogP contribution in [-0.2, 0) is 11.8 Å². The standard InChI is InChI=1S/C19H23N5O2.ClH/c1-24-11-12(8-21-24)15-9-20-10-16(15)19(26)23-17-5-3-2-4-14(17)18(25)22-13-6-7-13;/h2-5,8,11,13,15-16,20H,6-7,9-10H2,1H3,(H,22,25)(H,23,26);1H/t15-,16+;/m1./s1. The molecule has 1 saturated carbocycles. The molecule has 1 aromatic heterocycles. The van der Waals surface area contributed by atoms with Crippen LogP contribution in [0, 0.1) is 5.92 Å². The Labute approximate surface area is 164 Å². The lowest BCUT2D eigenvalue weighted by Gasteiger charge is -2.18. The molecule has 0 spiro atoms. The van der Waals surface area contributed by atoms with E-state index in [0.717, 1.165) is 24.9 Å². The van der Waals surface area contributed by atoms with Gasteiger partial charge in [-0.05, 0) is 30.5 Å². The second-order valence-electron chi connectivity index (χ2n) is 7.10. The molecule has 144 valence electrons. The number of benzene rings is 1. The highest BCUT2D eigenvalue weighted by Gasteiger charge is 2.35. The first-order valence-corrected chi connectivity index (χ1v) is 9.02. The molecule has 1 aromatic carbocycles. The predicted molar refractivity (Wildman–Crippen MR) is 105 cm³/mol. The van der Waals surface area contributed by atoms with Crippen LogP contribution in [0.25, 0.3) is 0 Å². The average molecular weight is 390 g/mol. The number of nitrogens with zero attached hydrogens (tertiary/aromatic N) is 2. The first-order chi connectivity index (χ1) is 12.6. The number of aryl methyl sites for hydroxylation is 1. The van der Waals surface area contributed by atoms with Crippen molar-refractivity contribution in [1.29, 1.82) is 0 Å². The predicted octanol–water partition coefficient (Wildman–Crippen LogP) is 1.68. The largest absolute Gasteiger partial charge is 0.349 e. The SMILES string of the molecule is Cl.Cn1cc([C@H]2CNC[C@@H]2C(=O)Nc2ccccc2C(=O)NC2CC2)cn1. The Bertz CT molecular complexity index is 833. The van der Waals surface area contributed by atoms with Crippen LogP contribution in [0.1, 0.15) is 34.7 Å². The number of amides is 2. The fourth-order valence-electron chi connectivity index (χ4n) is 3.44. The lowest BCUT2D eigenvalue weighted by atomic mass is 9.90. The monoisotopic (exact) mass is 389 g/mol. The summed E-state index contributed by atoms with van der Waals surface area (Å²) in [5.41, 5.74) is 2.13. The van der Waals surface area contributed by atoms with Gasteiger partial charge in [-0.15, -0.1) is 12.4 Å². The van der Waals surface area contributed by atoms with Crippen molar-refractivity contribution in [3.63, 3.8) is 0 Å². The number of anilines is 1. The molecule has 8 heteroatoms. The van der Waals surface area contributed by atoms with Gasteiger partial charge in [0.05, 0.1) is 23.4 Å². The number of halogens is 1. The average Bonchev–Trinajstić information content (AvgIpc) is 3.13. The maximum absolute atomic E-state index is 12.9. The van der Waals surface area contributed by atoms with Crippen molar-refractivity contribution in [3.05, 3.63) is 47.8 Å². The van der Waals surface area contributed by atoms with Crippen molar-refractivity contribution in [2.75, 3.05) is 18.4 Å². The lowest BCUT2D eigenvalue weighted by molar-refractivity contribution is -0.119. The molecule has 7 nitrogen and oxygen atoms in total. The molecule has 2 atom stereocenters. The molecule has 4 rings (SSSR count). The van der Waals surface area contributed by atoms with Crippen LogP contribution >= 0.6 is 12.4 Å². The van der Waals surface area contributed by atoms with E-state index in [1.807, 2.05) is 31.6 Å². The summed E-state index contributed by atoms with van der Waals surface area (Å²) in [5, 5.41) is 13.4. The Morgan fingerprint density at radius 3 is 2.70 bits per heavy atom. The van der Waals surface area contributed by atoms with E-state index >= 15 is 0 Å². The molecule has 2 aliphatic rings. The normalized spacial score (nSPS) is 21.4. The molecule has 1 aliphatic carbocycles. The quantitative estimate of drug-likeness (QED) is 0.726. The molecule has 2 aromatic rings. The smallest absolute Gasteiger partial charge is 0.253 e. The number of nitrogens with one attached hydrogen (secondary N) is 3. The van der Waals surface area contributed by atoms with Crippen LogP contribution < -0.4 is 16.0 Å². The van der Waals surface area contributed by atoms with Gasteiger partial charge in [-0.2, -0.15) is 5.10 Å². The highest BCUT2D eigenvalue weighted by molar-refractivity contribution is 6.04. The van der Waals surface area contributed by atoms with Crippen molar-refractivity contribution >= 4 is 29.9 Å². The van der Waals surface area contributed by atoms with Gasteiger partial charge in [0.2, 0.25) is 5.91 Å². The number of aromatic nitrogens is 2. The van der Waals surface area contributed by atoms with Gasteiger partial charge in [0.15, 0.2) is 0 Å². The Morgan fingerprint density at radius 2 is 2.00 bits per heavy atom. The van der Waals surface area contributed by atoms with Gasteiger partial charge < -0.3 is 16.0 Å². The first kappa shape index (κ1) is 19.4. The Morgan fingerprint density at radius 1 is 1.22 bits per heavy atom. The molecule has 3 N–H and O–H groups in total. The number of hydrogen-bond acceptors (Lipinski definition) is 4. The van der Waals surface area contributed by atoms with Gasteiger partial charge in [-0.25, -0.2) is 0 Å². The highest BCUT2D eigenvalue weighted by atomic mass is 35.5. The van der Waals surface area contributed by atoms with Crippen molar-refractivity contribution < 1.29 is 9.59 Å². The minimum atomic E-state index is -0.196. The van der Waals surface area contributed by atoms with E-state index < -0.39 is 0 Å². The van der Waals surface area contributed by atoms with Gasteiger partial charge in [-0.3, -0.25) is 14.3 Å². The molecule has 1 saturated heterocycles. The molecule has 0 radical (unpaired) electrons. The van der Waals surface area contributed by atoms with Crippen LogP contribution in [0.15, 0.2) is 36.7 Å². The molecule has 2 amide bonds. The molecular formula is C19H24ClN5O2. The van der Waals surface area contributed by atoms with E-state index in [-0.39, 0.29) is 42.1 Å². The Kier molecular flexibility index (Phi) is 5.82. The summed E-state index contributed by atoms with van der Waals surface area (Å²) in [6.07, 6.45) is 5.82. The van der Waals surface area contributed by atoms with Crippen molar-refractivity contribution in [2.24, 2.45) is 13.0 Å². The number of carbonyl (C=O) groups excluding carboxylic acids is 2. The third kappa shape index (κ3) is 4.31. The van der Waals surface area contributed by atoms with Crippen molar-refractivity contribution in [1.82, 2.24) is 20.4 Å². The zero-order valence-corrected chi connectivity index (χ0v) is 16.0. The fraction of sp³-hybridized carbons (Fsp3) is 0.421. The molecule has 1 aliphatic heterocycles. The lowest BCUT2D eigenvalue weighted by Crippen LogP contribution is -2.30. The molecule has 27 heavy (non-hydrogen) atoms. The van der Waals surface area contributed by atoms with Gasteiger partial charge in [0.1, 0.15) is 0 Å². The van der Waals surface area contributed by atoms with Gasteiger partial charge in [0.25, 0.3) is 5.91 Å². The number of rotatable bonds is 5. The Balaban J connectivity index is 0.00000210. The number of para-hydroxylation sites is 1. The van der Waals surface area contributed by atoms with E-state index in [1.54, 1.807) is 16.8 Å². The third-order valence-corrected chi connectivity index (χ3v) is 5.05. The molecule has 2 heterocycles. The summed E-state index contributed by atoms with van der Waals surface area (Å²) >= 11 is 0. The number of carbonyl (C=O) groups is 2. The number of hydrogen-bond donors (Lipinski definition) is 3. The summed E-state index contributed by atoms with van der Waals surface area (Å²) in [6, 6.07) is 7.45. The molecule has 0 bridgehead atoms. The molecular weight excluding hydrogens is 366 g/mol. The third-order valence-electron chi connectivity index (χ3n) is 5.05. The summed E-state index contributed by atoms with van der Waals surface area (Å²) in [4.78, 5) is 25.3. The maximum Gasteiger partial charge on any atom is 0.253 e. The van der Waals surface area contributed by atoms with E-state index in [0.29, 0.717) is 17.8 Å². The highest BCUT2D eigenvalue weighted by Crippen LogP contribution is 2.29. The van der Waals surface area contributed by atoms with Crippen LogP contribution in [0.3, 0.4) is 0 Å². The summed E-state index contributed by atoms with van der Waals surface area (Å²) in [5.74, 6) is -0.317. The van der Waals surface area contributed by atoms with Crippen LogP contribution in [0.5, 0.6) is 0 Å². The topological polar surface area (TPSA) is 88.0 Å². The van der Waals surface area contributed by atoms with Crippen LogP contribution in [0.4, 0.5) is 5.69 Å². The van der Waals surface area contributed by atoms with Gasteiger partial charge in [0, 0.05) is 38.3 Å². The van der Waals surface area contributed by atoms with Crippen molar-refractivity contribution in [3.8, 4) is 0 Å². The molecule has 0 unspecified atom stereocenters. The second kappa shape index (κ2) is 8.10. The van der Waals surface area contributed by atoms with Crippen molar-refractivity contribution in [2.45, 2.75) is 24.8 Å². The molecule has 2 fully saturated rings. The van der Waals surface area contributed by atoms with Gasteiger partial charge in [-0.1, -0.05) is 12.1 Å². The van der Waals surface area contributed by atoms with E-state index in [1.165, 1.54) is 0 Å². The summed E-state index contributed by atoms with van der Waals surface area (Å²) < 4.78 is 1.75. The zero-order chi connectivity index (χ0) is 18.1. The van der Waals surface area contributed by atoms with Crippen LogP contribution in [-0.4, -0.2) is 40.7 Å². The Hall–Kier alpha value is -2.38. The first-order valence-electron chi connectivity index (χ1n) is 9.02. The fourth-order valence-corrected chi connectivity index (χ4v) is 3.44. The summed E-state index contributed by atoms with van der Waals surface area (Å²) in [6.45, 7) is 1.36. The minimum Gasteiger partial charge on any atom is -0.349 e.